The van der Waals surface area contributed by atoms with E-state index in [1.165, 1.54) is 33.6 Å². The van der Waals surface area contributed by atoms with Crippen LogP contribution in [0.15, 0.2) is 0 Å². The van der Waals surface area contributed by atoms with Gasteiger partial charge in [0.05, 0.1) is 0 Å². The van der Waals surface area contributed by atoms with Crippen molar-refractivity contribution >= 4 is 18.4 Å². The van der Waals surface area contributed by atoms with E-state index in [9.17, 15) is 0 Å². The Balaban J connectivity index is 2.54. The predicted octanol–water partition coefficient (Wildman–Crippen LogP) is 9.96. The molecule has 2 fully saturated rings. The summed E-state index contributed by atoms with van der Waals surface area (Å²) in [5.41, 5.74) is 0. The van der Waals surface area contributed by atoms with Gasteiger partial charge >= 0.3 is 190 Å². The zero-order valence-corrected chi connectivity index (χ0v) is 24.5. The Kier molecular flexibility index (Phi) is 10.9. The first-order chi connectivity index (χ1) is 13.8. The average molecular weight is 511 g/mol. The first-order valence-corrected chi connectivity index (χ1v) is 21.1. The van der Waals surface area contributed by atoms with Gasteiger partial charge in [0.2, 0.25) is 0 Å². The summed E-state index contributed by atoms with van der Waals surface area (Å²) < 4.78 is 5.82. The molecule has 0 heterocycles. The van der Waals surface area contributed by atoms with Crippen molar-refractivity contribution < 1.29 is 0 Å². The van der Waals surface area contributed by atoms with Crippen LogP contribution >= 0.6 is 0 Å². The van der Waals surface area contributed by atoms with Crippen LogP contribution in [0, 0.1) is 35.5 Å². The van der Waals surface area contributed by atoms with Gasteiger partial charge in [-0.3, -0.25) is 0 Å². The molecule has 0 aliphatic heterocycles. The maximum absolute atomic E-state index is 2.60. The molecule has 0 saturated heterocycles. The number of hydrogen-bond donors (Lipinski definition) is 0. The Morgan fingerprint density at radius 3 is 1.34 bits per heavy atom. The molecule has 29 heavy (non-hydrogen) atoms. The predicted molar refractivity (Wildman–Crippen MR) is 135 cm³/mol. The van der Waals surface area contributed by atoms with Gasteiger partial charge < -0.3 is 0 Å². The van der Waals surface area contributed by atoms with Crippen LogP contribution in [-0.2, 0) is 0 Å². The number of unbranched alkanes of at least 4 members (excludes halogenated alkanes) is 2. The molecule has 0 radical (unpaired) electrons. The van der Waals surface area contributed by atoms with Crippen molar-refractivity contribution in [3.8, 4) is 0 Å². The molecule has 6 atom stereocenters. The topological polar surface area (TPSA) is 0 Å². The fourth-order valence-electron chi connectivity index (χ4n) is 7.88. The van der Waals surface area contributed by atoms with E-state index in [1.54, 1.807) is 47.4 Å². The SMILES string of the molecule is CCC[CH2][Sn]([CH2]CCC)([C@@H]1C[C@H](C)CC[C@H]1C(C)C)[C@@H]1C[C@H](C)CC[C@H]1C(C)C. The Labute approximate surface area is 189 Å². The van der Waals surface area contributed by atoms with Crippen LogP contribution in [0.3, 0.4) is 0 Å². The second-order valence-corrected chi connectivity index (χ2v) is 26.4. The van der Waals surface area contributed by atoms with Crippen molar-refractivity contribution in [2.24, 2.45) is 35.5 Å². The van der Waals surface area contributed by atoms with Crippen LogP contribution in [0.25, 0.3) is 0 Å². The van der Waals surface area contributed by atoms with Gasteiger partial charge in [0, 0.05) is 0 Å². The van der Waals surface area contributed by atoms with E-state index in [4.69, 9.17) is 0 Å². The molecule has 0 spiro atoms. The van der Waals surface area contributed by atoms with Crippen LogP contribution < -0.4 is 0 Å². The fraction of sp³-hybridized carbons (Fsp3) is 1.00. The molecule has 0 aromatic carbocycles. The standard InChI is InChI=1S/2C10H19.2C4H9.Sn/c2*1-8(2)10-6-4-9(3)5-7-10;2*1-3-4-2;/h2*6,8-10H,4-5,7H2,1-3H3;2*1,3-4H2,2H3;/t2*9-,10-;;;/m00.../s1. The first-order valence-electron chi connectivity index (χ1n) is 13.8. The van der Waals surface area contributed by atoms with Gasteiger partial charge in [0.15, 0.2) is 0 Å². The van der Waals surface area contributed by atoms with Gasteiger partial charge in [-0.15, -0.1) is 0 Å². The van der Waals surface area contributed by atoms with Crippen molar-refractivity contribution in [1.82, 2.24) is 0 Å². The van der Waals surface area contributed by atoms with Crippen molar-refractivity contribution in [2.45, 2.75) is 136 Å². The molecule has 0 N–H and O–H groups in total. The third-order valence-corrected chi connectivity index (χ3v) is 29.1. The minimum absolute atomic E-state index is 0.908. The van der Waals surface area contributed by atoms with Crippen LogP contribution in [0.5, 0.6) is 0 Å². The molecular weight excluding hydrogens is 455 g/mol. The Morgan fingerprint density at radius 2 is 1.03 bits per heavy atom. The number of hydrogen-bond acceptors (Lipinski definition) is 0. The van der Waals surface area contributed by atoms with E-state index >= 15 is 0 Å². The third-order valence-electron chi connectivity index (χ3n) is 9.51. The van der Waals surface area contributed by atoms with Crippen LogP contribution in [-0.4, -0.2) is 18.4 Å². The Hall–Kier alpha value is 0.799. The van der Waals surface area contributed by atoms with Crippen molar-refractivity contribution in [2.75, 3.05) is 0 Å². The van der Waals surface area contributed by atoms with Crippen molar-refractivity contribution in [3.05, 3.63) is 0 Å². The molecule has 0 unspecified atom stereocenters. The molecule has 0 aromatic rings. The molecule has 0 nitrogen and oxygen atoms in total. The normalized spacial score (nSPS) is 34.1. The zero-order valence-electron chi connectivity index (χ0n) is 21.6. The van der Waals surface area contributed by atoms with Gasteiger partial charge in [-0.25, -0.2) is 0 Å². The summed E-state index contributed by atoms with van der Waals surface area (Å²) in [4.78, 5) is 0. The van der Waals surface area contributed by atoms with Crippen LogP contribution in [0.4, 0.5) is 0 Å². The maximum atomic E-state index is 2.60. The van der Waals surface area contributed by atoms with E-state index in [2.05, 4.69) is 55.4 Å². The molecule has 2 aliphatic carbocycles. The summed E-state index contributed by atoms with van der Waals surface area (Å²) in [6.07, 6.45) is 15.3. The number of rotatable bonds is 10. The summed E-state index contributed by atoms with van der Waals surface area (Å²) in [6, 6.07) is 0. The van der Waals surface area contributed by atoms with E-state index < -0.39 is 18.4 Å². The molecule has 172 valence electrons. The summed E-state index contributed by atoms with van der Waals surface area (Å²) in [5, 5.41) is 0. The summed E-state index contributed by atoms with van der Waals surface area (Å²) in [5.74, 6) is 5.91. The van der Waals surface area contributed by atoms with Gasteiger partial charge in [-0.2, -0.15) is 0 Å². The van der Waals surface area contributed by atoms with E-state index in [0.717, 1.165) is 35.5 Å². The second kappa shape index (κ2) is 12.1. The minimum atomic E-state index is -2.39. The molecule has 0 bridgehead atoms. The molecule has 0 amide bonds. The molecule has 1 heteroatoms. The van der Waals surface area contributed by atoms with E-state index in [-0.39, 0.29) is 0 Å². The van der Waals surface area contributed by atoms with E-state index in [0.29, 0.717) is 0 Å². The fourth-order valence-corrected chi connectivity index (χ4v) is 33.2. The van der Waals surface area contributed by atoms with Gasteiger partial charge in [-0.1, -0.05) is 0 Å². The molecular formula is C28H56Sn. The van der Waals surface area contributed by atoms with E-state index in [1.807, 2.05) is 0 Å². The molecule has 0 aromatic heterocycles. The Bertz CT molecular complexity index is 411. The summed E-state index contributed by atoms with van der Waals surface area (Å²) in [6.45, 7) is 20.4. The second-order valence-electron chi connectivity index (χ2n) is 12.3. The van der Waals surface area contributed by atoms with Gasteiger partial charge in [0.25, 0.3) is 0 Å². The van der Waals surface area contributed by atoms with Crippen LogP contribution in [0.1, 0.15) is 120 Å². The van der Waals surface area contributed by atoms with Crippen LogP contribution in [0.2, 0.25) is 16.7 Å². The van der Waals surface area contributed by atoms with Crippen molar-refractivity contribution in [1.29, 1.82) is 0 Å². The molecule has 2 aliphatic rings. The third kappa shape index (κ3) is 6.41. The quantitative estimate of drug-likeness (QED) is 0.256. The van der Waals surface area contributed by atoms with Gasteiger partial charge in [0.1, 0.15) is 0 Å². The monoisotopic (exact) mass is 512 g/mol. The first kappa shape index (κ1) is 26.1. The molecule has 2 rings (SSSR count). The van der Waals surface area contributed by atoms with Gasteiger partial charge in [-0.05, 0) is 0 Å². The zero-order chi connectivity index (χ0) is 21.6. The summed E-state index contributed by atoms with van der Waals surface area (Å²) in [7, 11) is 0. The Morgan fingerprint density at radius 1 is 0.655 bits per heavy atom. The van der Waals surface area contributed by atoms with Crippen molar-refractivity contribution in [3.63, 3.8) is 0 Å². The molecule has 2 saturated carbocycles. The summed E-state index contributed by atoms with van der Waals surface area (Å²) >= 11 is -2.39. The average Bonchev–Trinajstić information content (AvgIpc) is 2.68.